The van der Waals surface area contributed by atoms with E-state index in [1.54, 1.807) is 24.3 Å². The third-order valence-electron chi connectivity index (χ3n) is 4.41. The number of aliphatic imine (C=N–C) groups is 1. The van der Waals surface area contributed by atoms with Gasteiger partial charge in [-0.05, 0) is 23.3 Å². The quantitative estimate of drug-likeness (QED) is 0.0867. The number of nitrogens with two attached hydrogens (primary N) is 2. The van der Waals surface area contributed by atoms with Crippen molar-refractivity contribution in [2.45, 2.75) is 18.3 Å². The van der Waals surface area contributed by atoms with E-state index >= 15 is 0 Å². The summed E-state index contributed by atoms with van der Waals surface area (Å²) >= 11 is 0. The fourth-order valence-corrected chi connectivity index (χ4v) is 4.12. The van der Waals surface area contributed by atoms with Gasteiger partial charge in [-0.2, -0.15) is 0 Å². The molecular weight excluding hydrogens is 482 g/mol. The topological polar surface area (TPSA) is 232 Å². The molecule has 0 aromatic heterocycles. The first-order valence-corrected chi connectivity index (χ1v) is 11.7. The number of guanidine groups is 1. The summed E-state index contributed by atoms with van der Waals surface area (Å²) in [4.78, 5) is 38.3. The Labute approximate surface area is 200 Å². The lowest BCUT2D eigenvalue weighted by Gasteiger charge is -2.16. The molecule has 0 fully saturated rings. The molecule has 0 saturated carbocycles. The van der Waals surface area contributed by atoms with Crippen LogP contribution in [0.15, 0.2) is 53.5 Å². The maximum absolute atomic E-state index is 12.4. The number of nitrogens with zero attached hydrogens (tertiary/aromatic N) is 2. The van der Waals surface area contributed by atoms with E-state index < -0.39 is 51.7 Å². The number of aliphatic hydroxyl groups is 1. The van der Waals surface area contributed by atoms with Crippen LogP contribution >= 0.6 is 0 Å². The van der Waals surface area contributed by atoms with Gasteiger partial charge in [0.2, 0.25) is 21.8 Å². The van der Waals surface area contributed by atoms with Crippen LogP contribution in [0.1, 0.15) is 11.1 Å². The van der Waals surface area contributed by atoms with Crippen LogP contribution in [-0.4, -0.2) is 55.4 Å². The lowest BCUT2D eigenvalue weighted by Crippen LogP contribution is -2.50. The van der Waals surface area contributed by atoms with Gasteiger partial charge in [-0.15, -0.1) is 0 Å². The number of benzene rings is 2. The molecule has 0 saturated heterocycles. The van der Waals surface area contributed by atoms with Gasteiger partial charge in [-0.3, -0.25) is 19.7 Å². The highest BCUT2D eigenvalue weighted by molar-refractivity contribution is 7.88. The van der Waals surface area contributed by atoms with Crippen molar-refractivity contribution in [3.8, 4) is 0 Å². The third-order valence-corrected chi connectivity index (χ3v) is 5.76. The van der Waals surface area contributed by atoms with E-state index in [0.717, 1.165) is 11.6 Å². The van der Waals surface area contributed by atoms with E-state index in [1.165, 1.54) is 18.2 Å². The normalized spacial score (nSPS) is 11.8. The maximum Gasteiger partial charge on any atom is 0.269 e. The Morgan fingerprint density at radius 3 is 2.37 bits per heavy atom. The van der Waals surface area contributed by atoms with Crippen molar-refractivity contribution >= 4 is 39.2 Å². The summed E-state index contributed by atoms with van der Waals surface area (Å²) in [5.74, 6) is -2.22. The molecule has 1 unspecified atom stereocenters. The Morgan fingerprint density at radius 1 is 1.09 bits per heavy atom. The lowest BCUT2D eigenvalue weighted by atomic mass is 10.2. The van der Waals surface area contributed by atoms with Gasteiger partial charge in [0.1, 0.15) is 6.04 Å². The fourth-order valence-electron chi connectivity index (χ4n) is 2.80. The zero-order valence-electron chi connectivity index (χ0n) is 18.4. The van der Waals surface area contributed by atoms with Gasteiger partial charge in [0.25, 0.3) is 5.69 Å². The molecule has 2 amide bonds. The highest BCUT2D eigenvalue weighted by Gasteiger charge is 2.25. The Balaban J connectivity index is 1.85. The van der Waals surface area contributed by atoms with E-state index in [4.69, 9.17) is 11.5 Å². The van der Waals surface area contributed by atoms with Gasteiger partial charge < -0.3 is 27.2 Å². The van der Waals surface area contributed by atoms with Crippen molar-refractivity contribution in [2.75, 3.05) is 13.2 Å². The van der Waals surface area contributed by atoms with Crippen molar-refractivity contribution in [1.82, 2.24) is 15.4 Å². The van der Waals surface area contributed by atoms with Crippen LogP contribution in [0.5, 0.6) is 0 Å². The fraction of sp³-hybridized carbons (Fsp3) is 0.250. The number of sulfonamides is 1. The zero-order valence-corrected chi connectivity index (χ0v) is 19.2. The molecule has 0 spiro atoms. The number of carbonyl (C=O) groups is 2. The number of carbonyl (C=O) groups excluding carboxylic acids is 2. The molecular formula is C20H25N7O7S. The maximum atomic E-state index is 12.4. The second-order valence-corrected chi connectivity index (χ2v) is 8.99. The standard InChI is InChI=1S/C20H25N7O7S/c21-20(22)25-15-6-4-13(5-7-15)9-23-18(29)10-24-19(30)17(11-28)26-35(33,34)12-14-2-1-3-16(8-14)27(31)32/h1-8,17,26,28H,9-12H2,(H,23,29)(H,24,30)(H4,21,22,25). The van der Waals surface area contributed by atoms with Crippen LogP contribution in [0.4, 0.5) is 11.4 Å². The van der Waals surface area contributed by atoms with Crippen LogP contribution < -0.4 is 26.8 Å². The summed E-state index contributed by atoms with van der Waals surface area (Å²) in [6, 6.07) is 10.1. The minimum atomic E-state index is -4.15. The molecule has 14 nitrogen and oxygen atoms in total. The molecule has 0 aliphatic rings. The molecule has 0 aliphatic heterocycles. The first-order chi connectivity index (χ1) is 16.5. The smallest absolute Gasteiger partial charge is 0.269 e. The number of aliphatic hydroxyl groups excluding tert-OH is 1. The SMILES string of the molecule is NC(N)=Nc1ccc(CNC(=O)CNC(=O)C(CO)NS(=O)(=O)Cc2cccc([N+](=O)[O-])c2)cc1. The number of rotatable bonds is 12. The van der Waals surface area contributed by atoms with Crippen molar-refractivity contribution in [3.63, 3.8) is 0 Å². The Morgan fingerprint density at radius 2 is 1.77 bits per heavy atom. The largest absolute Gasteiger partial charge is 0.394 e. The molecule has 0 heterocycles. The number of hydrogen-bond acceptors (Lipinski definition) is 8. The third kappa shape index (κ3) is 9.36. The summed E-state index contributed by atoms with van der Waals surface area (Å²) in [5, 5.41) is 25.1. The molecule has 0 bridgehead atoms. The van der Waals surface area contributed by atoms with Crippen LogP contribution in [0.3, 0.4) is 0 Å². The van der Waals surface area contributed by atoms with Gasteiger partial charge in [0.05, 0.1) is 29.5 Å². The second-order valence-electron chi connectivity index (χ2n) is 7.24. The Hall–Kier alpha value is -4.08. The van der Waals surface area contributed by atoms with Crippen LogP contribution in [0.2, 0.25) is 0 Å². The minimum Gasteiger partial charge on any atom is -0.394 e. The van der Waals surface area contributed by atoms with Crippen molar-refractivity contribution in [1.29, 1.82) is 0 Å². The monoisotopic (exact) mass is 507 g/mol. The number of nitrogens with one attached hydrogen (secondary N) is 3. The molecule has 0 radical (unpaired) electrons. The average molecular weight is 508 g/mol. The molecule has 2 aromatic rings. The first-order valence-electron chi connectivity index (χ1n) is 10.1. The Kier molecular flexibility index (Phi) is 9.63. The van der Waals surface area contributed by atoms with Gasteiger partial charge in [-0.1, -0.05) is 24.3 Å². The number of non-ortho nitro benzene ring substituents is 1. The summed E-state index contributed by atoms with van der Waals surface area (Å²) in [6.45, 7) is -1.19. The number of hydrogen-bond donors (Lipinski definition) is 6. The summed E-state index contributed by atoms with van der Waals surface area (Å²) < 4.78 is 26.7. The predicted molar refractivity (Wildman–Crippen MR) is 126 cm³/mol. The number of nitro benzene ring substituents is 1. The molecule has 1 atom stereocenters. The number of amides is 2. The number of nitro groups is 1. The first kappa shape index (κ1) is 27.2. The Bertz CT molecular complexity index is 1200. The summed E-state index contributed by atoms with van der Waals surface area (Å²) in [6.07, 6.45) is 0. The summed E-state index contributed by atoms with van der Waals surface area (Å²) in [7, 11) is -4.15. The van der Waals surface area contributed by atoms with Crippen LogP contribution in [0.25, 0.3) is 0 Å². The van der Waals surface area contributed by atoms with Crippen molar-refractivity contribution in [2.24, 2.45) is 16.5 Å². The summed E-state index contributed by atoms with van der Waals surface area (Å²) in [5.41, 5.74) is 11.7. The van der Waals surface area contributed by atoms with Gasteiger partial charge in [0.15, 0.2) is 5.96 Å². The van der Waals surface area contributed by atoms with Gasteiger partial charge in [0, 0.05) is 18.7 Å². The molecule has 188 valence electrons. The molecule has 2 rings (SSSR count). The molecule has 2 aromatic carbocycles. The lowest BCUT2D eigenvalue weighted by molar-refractivity contribution is -0.384. The van der Waals surface area contributed by atoms with E-state index in [2.05, 4.69) is 15.6 Å². The second kappa shape index (κ2) is 12.4. The molecule has 8 N–H and O–H groups in total. The van der Waals surface area contributed by atoms with Gasteiger partial charge >= 0.3 is 0 Å². The van der Waals surface area contributed by atoms with Crippen molar-refractivity contribution in [3.05, 3.63) is 69.8 Å². The molecule has 35 heavy (non-hydrogen) atoms. The molecule has 0 aliphatic carbocycles. The van der Waals surface area contributed by atoms with Crippen LogP contribution in [0, 0.1) is 10.1 Å². The average Bonchev–Trinajstić information content (AvgIpc) is 2.80. The zero-order chi connectivity index (χ0) is 26.0. The highest BCUT2D eigenvalue weighted by atomic mass is 32.2. The van der Waals surface area contributed by atoms with E-state index in [0.29, 0.717) is 5.69 Å². The van der Waals surface area contributed by atoms with Crippen LogP contribution in [-0.2, 0) is 31.9 Å². The van der Waals surface area contributed by atoms with E-state index in [1.807, 2.05) is 4.72 Å². The highest BCUT2D eigenvalue weighted by Crippen LogP contribution is 2.15. The van der Waals surface area contributed by atoms with E-state index in [9.17, 15) is 33.2 Å². The molecule has 15 heteroatoms. The predicted octanol–water partition coefficient (Wildman–Crippen LogP) is -1.29. The van der Waals surface area contributed by atoms with Crippen molar-refractivity contribution < 1.29 is 28.0 Å². The van der Waals surface area contributed by atoms with E-state index in [-0.39, 0.29) is 23.8 Å². The minimum absolute atomic E-state index is 0.0886. The van der Waals surface area contributed by atoms with Gasteiger partial charge in [-0.25, -0.2) is 18.1 Å².